The number of para-hydroxylation sites is 1. The number of rotatable bonds is 5. The minimum atomic E-state index is -0.138. The zero-order chi connectivity index (χ0) is 19.4. The molecule has 1 aliphatic rings. The summed E-state index contributed by atoms with van der Waals surface area (Å²) in [4.78, 5) is 26.5. The van der Waals surface area contributed by atoms with Gasteiger partial charge in [0, 0.05) is 24.3 Å². The van der Waals surface area contributed by atoms with Crippen molar-refractivity contribution in [3.05, 3.63) is 47.3 Å². The highest BCUT2D eigenvalue weighted by Gasteiger charge is 2.29. The smallest absolute Gasteiger partial charge is 0.309 e. The van der Waals surface area contributed by atoms with Gasteiger partial charge in [0.2, 0.25) is 5.91 Å². The predicted molar refractivity (Wildman–Crippen MR) is 103 cm³/mol. The number of nitrogens with zero attached hydrogens (tertiary/aromatic N) is 3. The summed E-state index contributed by atoms with van der Waals surface area (Å²) in [6, 6.07) is 9.94. The van der Waals surface area contributed by atoms with Crippen LogP contribution in [0.15, 0.2) is 30.3 Å². The Bertz CT molecular complexity index is 806. The Morgan fingerprint density at radius 3 is 2.44 bits per heavy atom. The monoisotopic (exact) mass is 369 g/mol. The fourth-order valence-corrected chi connectivity index (χ4v) is 3.64. The van der Waals surface area contributed by atoms with Gasteiger partial charge in [0.1, 0.15) is 0 Å². The number of amides is 1. The maximum Gasteiger partial charge on any atom is 0.309 e. The second kappa shape index (κ2) is 8.37. The molecule has 1 aliphatic heterocycles. The molecule has 27 heavy (non-hydrogen) atoms. The molecule has 2 aromatic rings. The molecule has 0 saturated carbocycles. The summed E-state index contributed by atoms with van der Waals surface area (Å²) in [5.41, 5.74) is 3.85. The van der Waals surface area contributed by atoms with Gasteiger partial charge in [-0.1, -0.05) is 18.2 Å². The van der Waals surface area contributed by atoms with Crippen LogP contribution in [-0.2, 0) is 20.7 Å². The van der Waals surface area contributed by atoms with E-state index < -0.39 is 0 Å². The summed E-state index contributed by atoms with van der Waals surface area (Å²) >= 11 is 0. The molecular weight excluding hydrogens is 342 g/mol. The van der Waals surface area contributed by atoms with Crippen LogP contribution in [0.1, 0.15) is 36.7 Å². The average Bonchev–Trinajstić information content (AvgIpc) is 2.97. The third kappa shape index (κ3) is 4.21. The van der Waals surface area contributed by atoms with Gasteiger partial charge in [-0.3, -0.25) is 9.59 Å². The molecule has 0 radical (unpaired) electrons. The van der Waals surface area contributed by atoms with E-state index in [1.54, 1.807) is 0 Å². The zero-order valence-electron chi connectivity index (χ0n) is 16.3. The predicted octanol–water partition coefficient (Wildman–Crippen LogP) is 2.83. The number of piperidine rings is 1. The quantitative estimate of drug-likeness (QED) is 0.760. The van der Waals surface area contributed by atoms with Gasteiger partial charge >= 0.3 is 5.97 Å². The molecule has 0 bridgehead atoms. The second-order valence-electron chi connectivity index (χ2n) is 6.98. The van der Waals surface area contributed by atoms with Crippen LogP contribution in [0.5, 0.6) is 0 Å². The van der Waals surface area contributed by atoms with Gasteiger partial charge in [0.05, 0.1) is 30.3 Å². The molecule has 2 heterocycles. The Hall–Kier alpha value is -2.63. The van der Waals surface area contributed by atoms with E-state index in [9.17, 15) is 9.59 Å². The van der Waals surface area contributed by atoms with Crippen LogP contribution in [0.2, 0.25) is 0 Å². The molecule has 1 amide bonds. The number of carbonyl (C=O) groups excluding carboxylic acids is 2. The lowest BCUT2D eigenvalue weighted by Crippen LogP contribution is -2.41. The van der Waals surface area contributed by atoms with Crippen molar-refractivity contribution in [2.45, 2.75) is 40.0 Å². The molecule has 144 valence electrons. The minimum absolute atomic E-state index is 0.0849. The normalized spacial score (nSPS) is 15.0. The fraction of sp³-hybridized carbons (Fsp3) is 0.476. The summed E-state index contributed by atoms with van der Waals surface area (Å²) < 4.78 is 6.99. The van der Waals surface area contributed by atoms with Crippen molar-refractivity contribution in [2.24, 2.45) is 5.92 Å². The van der Waals surface area contributed by atoms with Crippen molar-refractivity contribution >= 4 is 11.9 Å². The number of esters is 1. The number of aromatic nitrogens is 2. The lowest BCUT2D eigenvalue weighted by atomic mass is 9.96. The molecule has 1 aromatic heterocycles. The van der Waals surface area contributed by atoms with E-state index in [4.69, 9.17) is 4.74 Å². The first kappa shape index (κ1) is 19.1. The third-order valence-corrected chi connectivity index (χ3v) is 5.24. The number of benzene rings is 1. The van der Waals surface area contributed by atoms with E-state index in [0.29, 0.717) is 39.0 Å². The van der Waals surface area contributed by atoms with Crippen LogP contribution in [0.4, 0.5) is 0 Å². The van der Waals surface area contributed by atoms with Gasteiger partial charge in [-0.15, -0.1) is 0 Å². The Labute approximate surface area is 160 Å². The van der Waals surface area contributed by atoms with Gasteiger partial charge in [-0.2, -0.15) is 5.10 Å². The topological polar surface area (TPSA) is 64.4 Å². The average molecular weight is 369 g/mol. The van der Waals surface area contributed by atoms with Crippen LogP contribution in [0.3, 0.4) is 0 Å². The van der Waals surface area contributed by atoms with Crippen LogP contribution >= 0.6 is 0 Å². The number of aryl methyl sites for hydroxylation is 1. The standard InChI is InChI=1S/C21H27N3O3/c1-4-27-21(26)17-10-12-23(13-11-17)20(25)14-19-15(2)22-24(16(19)3)18-8-6-5-7-9-18/h5-9,17H,4,10-14H2,1-3H3. The maximum atomic E-state index is 12.8. The van der Waals surface area contributed by atoms with Gasteiger partial charge in [0.15, 0.2) is 0 Å². The fourth-order valence-electron chi connectivity index (χ4n) is 3.64. The van der Waals surface area contributed by atoms with Crippen molar-refractivity contribution in [1.82, 2.24) is 14.7 Å². The lowest BCUT2D eigenvalue weighted by molar-refractivity contribution is -0.151. The molecule has 0 atom stereocenters. The Kier molecular flexibility index (Phi) is 5.94. The Balaban J connectivity index is 1.65. The molecular formula is C21H27N3O3. The summed E-state index contributed by atoms with van der Waals surface area (Å²) in [6.07, 6.45) is 1.69. The van der Waals surface area contributed by atoms with Gasteiger partial charge < -0.3 is 9.64 Å². The SMILES string of the molecule is CCOC(=O)C1CCN(C(=O)Cc2c(C)nn(-c3ccccc3)c2C)CC1. The maximum absolute atomic E-state index is 12.8. The molecule has 1 saturated heterocycles. The van der Waals surface area contributed by atoms with Crippen LogP contribution < -0.4 is 0 Å². The molecule has 0 unspecified atom stereocenters. The molecule has 3 rings (SSSR count). The van der Waals surface area contributed by atoms with E-state index in [2.05, 4.69) is 5.10 Å². The Morgan fingerprint density at radius 2 is 1.81 bits per heavy atom. The van der Waals surface area contributed by atoms with Crippen molar-refractivity contribution in [3.8, 4) is 5.69 Å². The summed E-state index contributed by atoms with van der Waals surface area (Å²) in [6.45, 7) is 7.38. The first-order valence-electron chi connectivity index (χ1n) is 9.56. The molecule has 0 spiro atoms. The van der Waals surface area contributed by atoms with Crippen molar-refractivity contribution in [1.29, 1.82) is 0 Å². The number of hydrogen-bond donors (Lipinski definition) is 0. The van der Waals surface area contributed by atoms with E-state index >= 15 is 0 Å². The minimum Gasteiger partial charge on any atom is -0.466 e. The number of ether oxygens (including phenoxy) is 1. The van der Waals surface area contributed by atoms with E-state index in [-0.39, 0.29) is 17.8 Å². The second-order valence-corrected chi connectivity index (χ2v) is 6.98. The van der Waals surface area contributed by atoms with Crippen molar-refractivity contribution in [3.63, 3.8) is 0 Å². The van der Waals surface area contributed by atoms with Crippen molar-refractivity contribution in [2.75, 3.05) is 19.7 Å². The summed E-state index contributed by atoms with van der Waals surface area (Å²) in [7, 11) is 0. The molecule has 0 N–H and O–H groups in total. The summed E-state index contributed by atoms with van der Waals surface area (Å²) in [5, 5.41) is 4.62. The molecule has 1 aromatic carbocycles. The van der Waals surface area contributed by atoms with Gasteiger partial charge in [0.25, 0.3) is 0 Å². The van der Waals surface area contributed by atoms with Gasteiger partial charge in [-0.05, 0) is 45.7 Å². The first-order valence-corrected chi connectivity index (χ1v) is 9.56. The van der Waals surface area contributed by atoms with Crippen molar-refractivity contribution < 1.29 is 14.3 Å². The highest BCUT2D eigenvalue weighted by atomic mass is 16.5. The number of carbonyl (C=O) groups is 2. The largest absolute Gasteiger partial charge is 0.466 e. The van der Waals surface area contributed by atoms with E-state index in [0.717, 1.165) is 22.6 Å². The molecule has 6 heteroatoms. The third-order valence-electron chi connectivity index (χ3n) is 5.24. The van der Waals surface area contributed by atoms with E-state index in [1.165, 1.54) is 0 Å². The lowest BCUT2D eigenvalue weighted by Gasteiger charge is -2.31. The molecule has 6 nitrogen and oxygen atoms in total. The first-order chi connectivity index (χ1) is 13.0. The van der Waals surface area contributed by atoms with E-state index in [1.807, 2.05) is 60.7 Å². The highest BCUT2D eigenvalue weighted by Crippen LogP contribution is 2.22. The number of hydrogen-bond acceptors (Lipinski definition) is 4. The molecule has 0 aliphatic carbocycles. The number of likely N-dealkylation sites (tertiary alicyclic amines) is 1. The zero-order valence-corrected chi connectivity index (χ0v) is 16.3. The highest BCUT2D eigenvalue weighted by molar-refractivity contribution is 5.80. The summed E-state index contributed by atoms with van der Waals surface area (Å²) in [5.74, 6) is -0.130. The van der Waals surface area contributed by atoms with Crippen LogP contribution in [0, 0.1) is 19.8 Å². The molecule has 1 fully saturated rings. The van der Waals surface area contributed by atoms with Crippen LogP contribution in [0.25, 0.3) is 5.69 Å². The van der Waals surface area contributed by atoms with Gasteiger partial charge in [-0.25, -0.2) is 4.68 Å². The Morgan fingerprint density at radius 1 is 1.15 bits per heavy atom. The van der Waals surface area contributed by atoms with Crippen LogP contribution in [-0.4, -0.2) is 46.3 Å².